The number of nitrogen functional groups attached to an aromatic ring is 1. The number of carbonyl (C=O) groups is 2. The normalized spacial score (nSPS) is 18.2. The number of rotatable bonds is 3. The second-order valence-electron chi connectivity index (χ2n) is 4.02. The maximum atomic E-state index is 11.5. The molecule has 0 radical (unpaired) electrons. The SMILES string of the molecule is Nc1cc(C(=O)O)ccc1CN1CC(=O)NS1(=O)=O. The van der Waals surface area contributed by atoms with Crippen molar-refractivity contribution in [3.8, 4) is 0 Å². The summed E-state index contributed by atoms with van der Waals surface area (Å²) in [6.07, 6.45) is 0. The summed E-state index contributed by atoms with van der Waals surface area (Å²) < 4.78 is 25.8. The number of hydrogen-bond donors (Lipinski definition) is 3. The first-order valence-corrected chi connectivity index (χ1v) is 6.66. The number of nitrogens with two attached hydrogens (primary N) is 1. The monoisotopic (exact) mass is 285 g/mol. The van der Waals surface area contributed by atoms with E-state index in [2.05, 4.69) is 0 Å². The number of nitrogens with zero attached hydrogens (tertiary/aromatic N) is 1. The fourth-order valence-corrected chi connectivity index (χ4v) is 2.77. The molecule has 1 aliphatic rings. The molecule has 8 nitrogen and oxygen atoms in total. The zero-order valence-electron chi connectivity index (χ0n) is 9.66. The molecule has 1 aromatic rings. The molecule has 0 atom stereocenters. The van der Waals surface area contributed by atoms with Gasteiger partial charge >= 0.3 is 16.2 Å². The van der Waals surface area contributed by atoms with Crippen molar-refractivity contribution >= 4 is 27.8 Å². The molecule has 0 aliphatic carbocycles. The smallest absolute Gasteiger partial charge is 0.335 e. The Labute approximate surface area is 109 Å². The molecule has 1 aliphatic heterocycles. The van der Waals surface area contributed by atoms with Crippen molar-refractivity contribution in [3.63, 3.8) is 0 Å². The lowest BCUT2D eigenvalue weighted by atomic mass is 10.1. The van der Waals surface area contributed by atoms with E-state index in [-0.39, 0.29) is 24.3 Å². The van der Waals surface area contributed by atoms with Gasteiger partial charge in [-0.05, 0) is 17.7 Å². The van der Waals surface area contributed by atoms with Gasteiger partial charge in [-0.2, -0.15) is 12.7 Å². The summed E-state index contributed by atoms with van der Waals surface area (Å²) in [6, 6.07) is 4.00. The third-order valence-corrected chi connectivity index (χ3v) is 4.07. The largest absolute Gasteiger partial charge is 0.478 e. The molecule has 0 unspecified atom stereocenters. The fraction of sp³-hybridized carbons (Fsp3) is 0.200. The highest BCUT2D eigenvalue weighted by atomic mass is 32.2. The van der Waals surface area contributed by atoms with E-state index in [1.807, 2.05) is 4.72 Å². The highest BCUT2D eigenvalue weighted by molar-refractivity contribution is 7.88. The summed E-state index contributed by atoms with van der Waals surface area (Å²) in [5.74, 6) is -1.73. The number of carboxylic acids is 1. The Hall–Kier alpha value is -2.13. The summed E-state index contributed by atoms with van der Waals surface area (Å²) in [7, 11) is -3.82. The zero-order chi connectivity index (χ0) is 14.2. The molecular formula is C10H11N3O5S. The Morgan fingerprint density at radius 3 is 2.63 bits per heavy atom. The number of carboxylic acid groups (broad SMARTS) is 1. The van der Waals surface area contributed by atoms with Crippen LogP contribution in [0.15, 0.2) is 18.2 Å². The van der Waals surface area contributed by atoms with Gasteiger partial charge in [0.2, 0.25) is 5.91 Å². The maximum Gasteiger partial charge on any atom is 0.335 e. The molecule has 1 amide bonds. The van der Waals surface area contributed by atoms with Gasteiger partial charge in [-0.15, -0.1) is 0 Å². The van der Waals surface area contributed by atoms with Crippen LogP contribution in [0.3, 0.4) is 0 Å². The fourth-order valence-electron chi connectivity index (χ4n) is 1.69. The predicted octanol–water partition coefficient (Wildman–Crippen LogP) is -0.856. The van der Waals surface area contributed by atoms with Crippen LogP contribution in [0.25, 0.3) is 0 Å². The van der Waals surface area contributed by atoms with Gasteiger partial charge in [-0.25, -0.2) is 9.52 Å². The molecular weight excluding hydrogens is 274 g/mol. The van der Waals surface area contributed by atoms with Crippen molar-refractivity contribution < 1.29 is 23.1 Å². The van der Waals surface area contributed by atoms with Crippen LogP contribution in [0.2, 0.25) is 0 Å². The topological polar surface area (TPSA) is 130 Å². The van der Waals surface area contributed by atoms with Gasteiger partial charge in [-0.1, -0.05) is 6.07 Å². The molecule has 0 spiro atoms. The van der Waals surface area contributed by atoms with Gasteiger partial charge in [0.25, 0.3) is 0 Å². The number of benzene rings is 1. The van der Waals surface area contributed by atoms with Gasteiger partial charge in [-0.3, -0.25) is 4.79 Å². The van der Waals surface area contributed by atoms with Crippen molar-refractivity contribution in [3.05, 3.63) is 29.3 Å². The van der Waals surface area contributed by atoms with E-state index in [0.717, 1.165) is 4.31 Å². The molecule has 1 saturated heterocycles. The number of carbonyl (C=O) groups excluding carboxylic acids is 1. The molecule has 0 bridgehead atoms. The van der Waals surface area contributed by atoms with E-state index < -0.39 is 22.1 Å². The molecule has 1 heterocycles. The standard InChI is InChI=1S/C10H11N3O5S/c11-8-3-6(10(15)16)1-2-7(8)4-13-5-9(14)12-19(13,17)18/h1-3H,4-5,11H2,(H,12,14)(H,15,16). The van der Waals surface area contributed by atoms with E-state index in [9.17, 15) is 18.0 Å². The van der Waals surface area contributed by atoms with E-state index in [1.54, 1.807) is 0 Å². The van der Waals surface area contributed by atoms with Crippen molar-refractivity contribution in [2.45, 2.75) is 6.54 Å². The molecule has 9 heteroatoms. The van der Waals surface area contributed by atoms with Crippen LogP contribution in [-0.2, 0) is 21.5 Å². The zero-order valence-corrected chi connectivity index (χ0v) is 10.5. The molecule has 0 aromatic heterocycles. The van der Waals surface area contributed by atoms with Crippen molar-refractivity contribution in [2.24, 2.45) is 0 Å². The number of amides is 1. The summed E-state index contributed by atoms with van der Waals surface area (Å²) in [5, 5.41) is 8.79. The van der Waals surface area contributed by atoms with E-state index in [4.69, 9.17) is 10.8 Å². The van der Waals surface area contributed by atoms with Crippen molar-refractivity contribution in [2.75, 3.05) is 12.3 Å². The Balaban J connectivity index is 2.25. The molecule has 1 aromatic carbocycles. The van der Waals surface area contributed by atoms with E-state index in [1.165, 1.54) is 18.2 Å². The van der Waals surface area contributed by atoms with Gasteiger partial charge in [0.1, 0.15) is 0 Å². The van der Waals surface area contributed by atoms with Crippen LogP contribution in [-0.4, -0.2) is 36.3 Å². The average molecular weight is 285 g/mol. The van der Waals surface area contributed by atoms with Crippen molar-refractivity contribution in [1.82, 2.24) is 9.03 Å². The number of nitrogens with one attached hydrogen (secondary N) is 1. The highest BCUT2D eigenvalue weighted by Crippen LogP contribution is 2.19. The first kappa shape index (κ1) is 13.3. The number of hydrogen-bond acceptors (Lipinski definition) is 5. The van der Waals surface area contributed by atoms with Gasteiger partial charge in [0.05, 0.1) is 12.1 Å². The second-order valence-corrected chi connectivity index (χ2v) is 5.69. The summed E-state index contributed by atoms with van der Waals surface area (Å²) in [4.78, 5) is 21.8. The minimum Gasteiger partial charge on any atom is -0.478 e. The van der Waals surface area contributed by atoms with Crippen LogP contribution in [0.1, 0.15) is 15.9 Å². The van der Waals surface area contributed by atoms with Crippen LogP contribution in [0.5, 0.6) is 0 Å². The predicted molar refractivity (Wildman–Crippen MR) is 65.3 cm³/mol. The lowest BCUT2D eigenvalue weighted by Gasteiger charge is -2.14. The van der Waals surface area contributed by atoms with Crippen molar-refractivity contribution in [1.29, 1.82) is 0 Å². The summed E-state index contributed by atoms with van der Waals surface area (Å²) >= 11 is 0. The quantitative estimate of drug-likeness (QED) is 0.620. The molecule has 0 saturated carbocycles. The van der Waals surface area contributed by atoms with E-state index in [0.29, 0.717) is 5.56 Å². The first-order valence-electron chi connectivity index (χ1n) is 5.22. The van der Waals surface area contributed by atoms with Gasteiger partial charge in [0, 0.05) is 12.2 Å². The average Bonchev–Trinajstić information content (AvgIpc) is 2.54. The lowest BCUT2D eigenvalue weighted by Crippen LogP contribution is -2.29. The molecule has 19 heavy (non-hydrogen) atoms. The molecule has 2 rings (SSSR count). The molecule has 102 valence electrons. The Morgan fingerprint density at radius 1 is 1.47 bits per heavy atom. The minimum absolute atomic E-state index is 0.0136. The maximum absolute atomic E-state index is 11.5. The third-order valence-electron chi connectivity index (χ3n) is 2.64. The summed E-state index contributed by atoms with van der Waals surface area (Å²) in [6.45, 7) is -0.366. The minimum atomic E-state index is -3.82. The Kier molecular flexibility index (Phi) is 3.16. The van der Waals surface area contributed by atoms with Crippen LogP contribution < -0.4 is 10.5 Å². The highest BCUT2D eigenvalue weighted by Gasteiger charge is 2.33. The first-order chi connectivity index (χ1) is 8.79. The van der Waals surface area contributed by atoms with Gasteiger partial charge in [0.15, 0.2) is 0 Å². The van der Waals surface area contributed by atoms with E-state index >= 15 is 0 Å². The van der Waals surface area contributed by atoms with Crippen LogP contribution >= 0.6 is 0 Å². The second kappa shape index (κ2) is 4.52. The Bertz CT molecular complexity index is 655. The van der Waals surface area contributed by atoms with Gasteiger partial charge < -0.3 is 10.8 Å². The van der Waals surface area contributed by atoms with Crippen LogP contribution in [0, 0.1) is 0 Å². The third kappa shape index (κ3) is 2.66. The number of aromatic carboxylic acids is 1. The molecule has 1 fully saturated rings. The Morgan fingerprint density at radius 2 is 2.16 bits per heavy atom. The summed E-state index contributed by atoms with van der Waals surface area (Å²) in [5.41, 5.74) is 6.28. The van der Waals surface area contributed by atoms with Crippen LogP contribution in [0.4, 0.5) is 5.69 Å². The lowest BCUT2D eigenvalue weighted by molar-refractivity contribution is -0.118. The number of anilines is 1. The molecule has 4 N–H and O–H groups in total.